The summed E-state index contributed by atoms with van der Waals surface area (Å²) in [6, 6.07) is 7.11. The maximum Gasteiger partial charge on any atom is 0.0369 e. The summed E-state index contributed by atoms with van der Waals surface area (Å²) < 4.78 is 0. The number of rotatable bonds is 1. The summed E-state index contributed by atoms with van der Waals surface area (Å²) >= 11 is 0. The summed E-state index contributed by atoms with van der Waals surface area (Å²) in [5.41, 5.74) is 10.1. The number of piperidine rings is 1. The van der Waals surface area contributed by atoms with E-state index in [-0.39, 0.29) is 0 Å². The van der Waals surface area contributed by atoms with E-state index in [2.05, 4.69) is 43.9 Å². The van der Waals surface area contributed by atoms with Gasteiger partial charge in [0.2, 0.25) is 0 Å². The number of nitrogens with zero attached hydrogens (tertiary/aromatic N) is 1. The van der Waals surface area contributed by atoms with Gasteiger partial charge in [-0.3, -0.25) is 0 Å². The molecule has 0 spiro atoms. The smallest absolute Gasteiger partial charge is 0.0369 e. The van der Waals surface area contributed by atoms with Gasteiger partial charge in [0.1, 0.15) is 0 Å². The lowest BCUT2D eigenvalue weighted by molar-refractivity contribution is 0.383. The fraction of sp³-hybridized carbons (Fsp3) is 0.571. The maximum absolute atomic E-state index is 6.05. The van der Waals surface area contributed by atoms with Crippen molar-refractivity contribution in [3.63, 3.8) is 0 Å². The number of anilines is 1. The Bertz CT molecular complexity index is 373. The van der Waals surface area contributed by atoms with Crippen molar-refractivity contribution in [2.45, 2.75) is 33.2 Å². The number of benzene rings is 1. The van der Waals surface area contributed by atoms with Crippen molar-refractivity contribution in [1.29, 1.82) is 0 Å². The second kappa shape index (κ2) is 4.46. The van der Waals surface area contributed by atoms with Crippen LogP contribution in [-0.4, -0.2) is 19.1 Å². The predicted octanol–water partition coefficient (Wildman–Crippen LogP) is 2.48. The third-order valence-electron chi connectivity index (χ3n) is 3.83. The van der Waals surface area contributed by atoms with Gasteiger partial charge in [-0.05, 0) is 49.4 Å². The molecule has 2 heteroatoms. The first-order valence-corrected chi connectivity index (χ1v) is 6.15. The van der Waals surface area contributed by atoms with Crippen molar-refractivity contribution in [2.75, 3.05) is 18.0 Å². The average molecular weight is 218 g/mol. The number of hydrogen-bond donors (Lipinski definition) is 1. The highest BCUT2D eigenvalue weighted by Crippen LogP contribution is 2.24. The van der Waals surface area contributed by atoms with Crippen LogP contribution < -0.4 is 10.6 Å². The quantitative estimate of drug-likeness (QED) is 0.784. The normalized spacial score (nSPS) is 25.9. The van der Waals surface area contributed by atoms with E-state index in [4.69, 9.17) is 5.73 Å². The molecule has 1 aliphatic heterocycles. The zero-order chi connectivity index (χ0) is 11.7. The standard InChI is InChI=1S/C14H22N2/c1-10-4-5-13(8-11(10)2)16-7-6-14(15)12(3)9-16/h4-5,8,12,14H,6-7,9,15H2,1-3H3. The Morgan fingerprint density at radius 2 is 2.00 bits per heavy atom. The Hall–Kier alpha value is -1.02. The highest BCUT2D eigenvalue weighted by Gasteiger charge is 2.23. The summed E-state index contributed by atoms with van der Waals surface area (Å²) in [4.78, 5) is 2.46. The van der Waals surface area contributed by atoms with Crippen LogP contribution in [0.2, 0.25) is 0 Å². The van der Waals surface area contributed by atoms with E-state index in [1.54, 1.807) is 0 Å². The third-order valence-corrected chi connectivity index (χ3v) is 3.83. The van der Waals surface area contributed by atoms with Crippen LogP contribution in [-0.2, 0) is 0 Å². The highest BCUT2D eigenvalue weighted by molar-refractivity contribution is 5.51. The van der Waals surface area contributed by atoms with Crippen molar-refractivity contribution >= 4 is 5.69 Å². The molecule has 0 radical (unpaired) electrons. The molecule has 1 aromatic rings. The van der Waals surface area contributed by atoms with Crippen molar-refractivity contribution in [3.8, 4) is 0 Å². The van der Waals surface area contributed by atoms with Gasteiger partial charge in [0.05, 0.1) is 0 Å². The third kappa shape index (κ3) is 2.22. The fourth-order valence-corrected chi connectivity index (χ4v) is 2.32. The minimum atomic E-state index is 0.378. The Balaban J connectivity index is 2.15. The first-order chi connectivity index (χ1) is 7.58. The van der Waals surface area contributed by atoms with Crippen LogP contribution in [0.3, 0.4) is 0 Å². The summed E-state index contributed by atoms with van der Waals surface area (Å²) in [5.74, 6) is 0.593. The molecule has 2 N–H and O–H groups in total. The first kappa shape index (κ1) is 11.5. The summed E-state index contributed by atoms with van der Waals surface area (Å²) in [6.07, 6.45) is 1.11. The predicted molar refractivity (Wildman–Crippen MR) is 69.9 cm³/mol. The van der Waals surface area contributed by atoms with Crippen molar-refractivity contribution in [2.24, 2.45) is 11.7 Å². The molecule has 0 amide bonds. The Morgan fingerprint density at radius 1 is 1.25 bits per heavy atom. The van der Waals surface area contributed by atoms with E-state index in [0.29, 0.717) is 12.0 Å². The summed E-state index contributed by atoms with van der Waals surface area (Å²) in [5, 5.41) is 0. The fourth-order valence-electron chi connectivity index (χ4n) is 2.32. The maximum atomic E-state index is 6.05. The van der Waals surface area contributed by atoms with E-state index in [0.717, 1.165) is 19.5 Å². The molecule has 0 bridgehead atoms. The first-order valence-electron chi connectivity index (χ1n) is 6.15. The molecule has 2 unspecified atom stereocenters. The molecular weight excluding hydrogens is 196 g/mol. The zero-order valence-electron chi connectivity index (χ0n) is 10.5. The second-order valence-electron chi connectivity index (χ2n) is 5.14. The molecule has 1 aromatic carbocycles. The molecule has 1 fully saturated rings. The van der Waals surface area contributed by atoms with E-state index < -0.39 is 0 Å². The Labute approximate surface area is 98.4 Å². The summed E-state index contributed by atoms with van der Waals surface area (Å²) in [7, 11) is 0. The van der Waals surface area contributed by atoms with Gasteiger partial charge in [-0.15, -0.1) is 0 Å². The lowest BCUT2D eigenvalue weighted by Gasteiger charge is -2.36. The van der Waals surface area contributed by atoms with E-state index in [1.165, 1.54) is 16.8 Å². The minimum Gasteiger partial charge on any atom is -0.371 e. The van der Waals surface area contributed by atoms with Crippen LogP contribution in [0.25, 0.3) is 0 Å². The molecule has 1 aliphatic rings. The van der Waals surface area contributed by atoms with E-state index in [1.807, 2.05) is 0 Å². The van der Waals surface area contributed by atoms with Gasteiger partial charge in [-0.2, -0.15) is 0 Å². The van der Waals surface area contributed by atoms with E-state index >= 15 is 0 Å². The average Bonchev–Trinajstić information content (AvgIpc) is 2.26. The molecule has 1 heterocycles. The SMILES string of the molecule is Cc1ccc(N2CCC(N)C(C)C2)cc1C. The van der Waals surface area contributed by atoms with Crippen LogP contribution in [0.4, 0.5) is 5.69 Å². The molecule has 0 aliphatic carbocycles. The van der Waals surface area contributed by atoms with Crippen LogP contribution in [0.15, 0.2) is 18.2 Å². The van der Waals surface area contributed by atoms with Gasteiger partial charge < -0.3 is 10.6 Å². The van der Waals surface area contributed by atoms with E-state index in [9.17, 15) is 0 Å². The Kier molecular flexibility index (Phi) is 3.20. The van der Waals surface area contributed by atoms with Crippen LogP contribution in [0.1, 0.15) is 24.5 Å². The van der Waals surface area contributed by atoms with Crippen LogP contribution in [0, 0.1) is 19.8 Å². The molecule has 0 aromatic heterocycles. The molecule has 2 rings (SSSR count). The number of nitrogens with two attached hydrogens (primary N) is 1. The van der Waals surface area contributed by atoms with Crippen molar-refractivity contribution in [1.82, 2.24) is 0 Å². The lowest BCUT2D eigenvalue weighted by atomic mass is 9.94. The van der Waals surface area contributed by atoms with Crippen LogP contribution in [0.5, 0.6) is 0 Å². The Morgan fingerprint density at radius 3 is 2.62 bits per heavy atom. The molecular formula is C14H22N2. The highest BCUT2D eigenvalue weighted by atomic mass is 15.1. The van der Waals surface area contributed by atoms with Crippen LogP contribution >= 0.6 is 0 Å². The lowest BCUT2D eigenvalue weighted by Crippen LogP contribution is -2.46. The second-order valence-corrected chi connectivity index (χ2v) is 5.14. The van der Waals surface area contributed by atoms with Gasteiger partial charge in [0.15, 0.2) is 0 Å². The van der Waals surface area contributed by atoms with Gasteiger partial charge in [-0.1, -0.05) is 13.0 Å². The monoisotopic (exact) mass is 218 g/mol. The largest absolute Gasteiger partial charge is 0.371 e. The topological polar surface area (TPSA) is 29.3 Å². The summed E-state index contributed by atoms with van der Waals surface area (Å²) in [6.45, 7) is 8.77. The molecule has 2 nitrogen and oxygen atoms in total. The van der Waals surface area contributed by atoms with Gasteiger partial charge in [-0.25, -0.2) is 0 Å². The molecule has 0 saturated carbocycles. The van der Waals surface area contributed by atoms with Gasteiger partial charge in [0, 0.05) is 24.8 Å². The number of aryl methyl sites for hydroxylation is 2. The van der Waals surface area contributed by atoms with Gasteiger partial charge in [0.25, 0.3) is 0 Å². The minimum absolute atomic E-state index is 0.378. The number of hydrogen-bond acceptors (Lipinski definition) is 2. The molecule has 16 heavy (non-hydrogen) atoms. The molecule has 88 valence electrons. The van der Waals surface area contributed by atoms with Crippen molar-refractivity contribution < 1.29 is 0 Å². The zero-order valence-corrected chi connectivity index (χ0v) is 10.5. The molecule has 2 atom stereocenters. The van der Waals surface area contributed by atoms with Crippen molar-refractivity contribution in [3.05, 3.63) is 29.3 Å². The van der Waals surface area contributed by atoms with Gasteiger partial charge >= 0.3 is 0 Å². The molecule has 1 saturated heterocycles.